The number of hydrogen-bond acceptors (Lipinski definition) is 3. The molecule has 0 spiro atoms. The van der Waals surface area contributed by atoms with Gasteiger partial charge in [0.05, 0.1) is 0 Å². The molecule has 0 aliphatic carbocycles. The van der Waals surface area contributed by atoms with Crippen LogP contribution in [0.1, 0.15) is 31.9 Å². The van der Waals surface area contributed by atoms with Crippen LogP contribution in [0.15, 0.2) is 18.2 Å². The lowest BCUT2D eigenvalue weighted by Crippen LogP contribution is -2.48. The van der Waals surface area contributed by atoms with E-state index in [9.17, 15) is 9.59 Å². The minimum atomic E-state index is -0.554. The first kappa shape index (κ1) is 16.0. The summed E-state index contributed by atoms with van der Waals surface area (Å²) in [4.78, 5) is 23.2. The lowest BCUT2D eigenvalue weighted by Gasteiger charge is -2.18. The van der Waals surface area contributed by atoms with Crippen LogP contribution in [-0.2, 0) is 9.59 Å². The Morgan fingerprint density at radius 2 is 1.80 bits per heavy atom. The van der Waals surface area contributed by atoms with Crippen LogP contribution in [-0.4, -0.2) is 18.4 Å². The van der Waals surface area contributed by atoms with Gasteiger partial charge in [0.2, 0.25) is 5.91 Å². The second-order valence-electron chi connectivity index (χ2n) is 5.74. The van der Waals surface area contributed by atoms with Crippen molar-refractivity contribution in [2.24, 2.45) is 5.41 Å². The fourth-order valence-electron chi connectivity index (χ4n) is 1.37. The molecule has 0 fully saturated rings. The van der Waals surface area contributed by atoms with Gasteiger partial charge in [-0.3, -0.25) is 20.4 Å². The van der Waals surface area contributed by atoms with Gasteiger partial charge in [-0.1, -0.05) is 32.9 Å². The first-order valence-corrected chi connectivity index (χ1v) is 6.50. The molecular formula is C15H22N2O3. The Bertz CT molecular complexity index is 504. The Morgan fingerprint density at radius 1 is 1.15 bits per heavy atom. The summed E-state index contributed by atoms with van der Waals surface area (Å²) < 4.78 is 5.43. The van der Waals surface area contributed by atoms with Crippen molar-refractivity contribution in [3.05, 3.63) is 29.3 Å². The first-order chi connectivity index (χ1) is 9.21. The highest BCUT2D eigenvalue weighted by atomic mass is 16.5. The highest BCUT2D eigenvalue weighted by Gasteiger charge is 2.21. The van der Waals surface area contributed by atoms with Crippen LogP contribution in [0.3, 0.4) is 0 Å². The summed E-state index contributed by atoms with van der Waals surface area (Å²) in [6.07, 6.45) is 0. The molecule has 0 radical (unpaired) electrons. The van der Waals surface area contributed by atoms with E-state index in [0.29, 0.717) is 5.75 Å². The molecule has 1 aromatic rings. The molecule has 5 nitrogen and oxygen atoms in total. The highest BCUT2D eigenvalue weighted by Crippen LogP contribution is 2.20. The molecule has 0 heterocycles. The fraction of sp³-hybridized carbons (Fsp3) is 0.467. The first-order valence-electron chi connectivity index (χ1n) is 6.50. The second-order valence-corrected chi connectivity index (χ2v) is 5.74. The molecule has 0 atom stereocenters. The molecule has 1 rings (SSSR count). The van der Waals surface area contributed by atoms with Gasteiger partial charge in [-0.2, -0.15) is 0 Å². The third kappa shape index (κ3) is 4.57. The number of aryl methyl sites for hydroxylation is 1. The van der Waals surface area contributed by atoms with Gasteiger partial charge in [-0.05, 0) is 31.0 Å². The van der Waals surface area contributed by atoms with Gasteiger partial charge in [-0.15, -0.1) is 0 Å². The van der Waals surface area contributed by atoms with E-state index in [-0.39, 0.29) is 12.5 Å². The van der Waals surface area contributed by atoms with Crippen LogP contribution in [0, 0.1) is 19.3 Å². The Labute approximate surface area is 119 Å². The Hall–Kier alpha value is -2.04. The van der Waals surface area contributed by atoms with Gasteiger partial charge >= 0.3 is 0 Å². The van der Waals surface area contributed by atoms with Crippen molar-refractivity contribution in [2.75, 3.05) is 6.61 Å². The lowest BCUT2D eigenvalue weighted by molar-refractivity contribution is -0.134. The van der Waals surface area contributed by atoms with E-state index in [2.05, 4.69) is 10.9 Å². The van der Waals surface area contributed by atoms with Crippen LogP contribution < -0.4 is 15.6 Å². The van der Waals surface area contributed by atoms with Gasteiger partial charge in [0, 0.05) is 5.41 Å². The summed E-state index contributed by atoms with van der Waals surface area (Å²) in [6.45, 7) is 9.06. The van der Waals surface area contributed by atoms with E-state index in [1.54, 1.807) is 20.8 Å². The SMILES string of the molecule is Cc1cccc(OCC(=O)NNC(=O)C(C)(C)C)c1C. The van der Waals surface area contributed by atoms with Gasteiger partial charge in [0.1, 0.15) is 5.75 Å². The summed E-state index contributed by atoms with van der Waals surface area (Å²) in [5.74, 6) is 0.0170. The van der Waals surface area contributed by atoms with Crippen molar-refractivity contribution < 1.29 is 14.3 Å². The maximum absolute atomic E-state index is 11.6. The van der Waals surface area contributed by atoms with Crippen molar-refractivity contribution in [1.82, 2.24) is 10.9 Å². The maximum atomic E-state index is 11.6. The molecular weight excluding hydrogens is 256 g/mol. The number of ether oxygens (including phenoxy) is 1. The summed E-state index contributed by atoms with van der Waals surface area (Å²) in [7, 11) is 0. The predicted octanol–water partition coefficient (Wildman–Crippen LogP) is 1.88. The standard InChI is InChI=1S/C15H22N2O3/c1-10-7-6-8-12(11(10)2)20-9-13(18)16-17-14(19)15(3,4)5/h6-8H,9H2,1-5H3,(H,16,18)(H,17,19). The predicted molar refractivity (Wildman–Crippen MR) is 77.2 cm³/mol. The number of benzene rings is 1. The molecule has 5 heteroatoms. The van der Waals surface area contributed by atoms with Crippen molar-refractivity contribution in [3.63, 3.8) is 0 Å². The molecule has 0 unspecified atom stereocenters. The normalized spacial score (nSPS) is 10.8. The number of nitrogens with one attached hydrogen (secondary N) is 2. The van der Waals surface area contributed by atoms with Gasteiger partial charge in [-0.25, -0.2) is 0 Å². The molecule has 2 amide bonds. The quantitative estimate of drug-likeness (QED) is 0.830. The topological polar surface area (TPSA) is 67.4 Å². The fourth-order valence-corrected chi connectivity index (χ4v) is 1.37. The molecule has 0 saturated heterocycles. The van der Waals surface area contributed by atoms with E-state index in [0.717, 1.165) is 11.1 Å². The zero-order chi connectivity index (χ0) is 15.3. The Kier molecular flexibility index (Phi) is 5.13. The third-order valence-corrected chi connectivity index (χ3v) is 2.91. The number of carbonyl (C=O) groups is 2. The molecule has 0 saturated carbocycles. The lowest BCUT2D eigenvalue weighted by atomic mass is 9.96. The van der Waals surface area contributed by atoms with Crippen molar-refractivity contribution in [3.8, 4) is 5.75 Å². The smallest absolute Gasteiger partial charge is 0.276 e. The van der Waals surface area contributed by atoms with Crippen LogP contribution >= 0.6 is 0 Å². The average Bonchev–Trinajstić information content (AvgIpc) is 2.36. The Balaban J connectivity index is 2.45. The second kappa shape index (κ2) is 6.41. The number of hydrazine groups is 1. The molecule has 0 aliphatic rings. The molecule has 0 bridgehead atoms. The van der Waals surface area contributed by atoms with Crippen molar-refractivity contribution in [1.29, 1.82) is 0 Å². The molecule has 110 valence electrons. The van der Waals surface area contributed by atoms with Crippen LogP contribution in [0.5, 0.6) is 5.75 Å². The number of amides is 2. The number of carbonyl (C=O) groups excluding carboxylic acids is 2. The van der Waals surface area contributed by atoms with E-state index in [4.69, 9.17) is 4.74 Å². The third-order valence-electron chi connectivity index (χ3n) is 2.91. The molecule has 2 N–H and O–H groups in total. The van der Waals surface area contributed by atoms with Gasteiger partial charge in [0.25, 0.3) is 5.91 Å². The minimum Gasteiger partial charge on any atom is -0.483 e. The largest absolute Gasteiger partial charge is 0.483 e. The van der Waals surface area contributed by atoms with Crippen molar-refractivity contribution >= 4 is 11.8 Å². The molecule has 1 aromatic carbocycles. The minimum absolute atomic E-state index is 0.144. The summed E-state index contributed by atoms with van der Waals surface area (Å²) in [6, 6.07) is 5.66. The monoisotopic (exact) mass is 278 g/mol. The van der Waals surface area contributed by atoms with E-state index < -0.39 is 11.3 Å². The average molecular weight is 278 g/mol. The highest BCUT2D eigenvalue weighted by molar-refractivity contribution is 5.85. The van der Waals surface area contributed by atoms with Crippen LogP contribution in [0.2, 0.25) is 0 Å². The molecule has 0 aliphatic heterocycles. The van der Waals surface area contributed by atoms with Gasteiger partial charge in [0.15, 0.2) is 6.61 Å². The maximum Gasteiger partial charge on any atom is 0.276 e. The number of hydrogen-bond donors (Lipinski definition) is 2. The van der Waals surface area contributed by atoms with Gasteiger partial charge < -0.3 is 4.74 Å². The van der Waals surface area contributed by atoms with Crippen molar-refractivity contribution in [2.45, 2.75) is 34.6 Å². The zero-order valence-corrected chi connectivity index (χ0v) is 12.7. The molecule has 20 heavy (non-hydrogen) atoms. The van der Waals surface area contributed by atoms with Crippen LogP contribution in [0.25, 0.3) is 0 Å². The van der Waals surface area contributed by atoms with E-state index in [1.165, 1.54) is 0 Å². The van der Waals surface area contributed by atoms with E-state index >= 15 is 0 Å². The van der Waals surface area contributed by atoms with E-state index in [1.807, 2.05) is 32.0 Å². The zero-order valence-electron chi connectivity index (χ0n) is 12.7. The summed E-state index contributed by atoms with van der Waals surface area (Å²) in [5, 5.41) is 0. The summed E-state index contributed by atoms with van der Waals surface area (Å²) in [5.41, 5.74) is 6.24. The number of rotatable bonds is 3. The summed E-state index contributed by atoms with van der Waals surface area (Å²) >= 11 is 0. The van der Waals surface area contributed by atoms with Crippen LogP contribution in [0.4, 0.5) is 0 Å². The Morgan fingerprint density at radius 3 is 2.40 bits per heavy atom. The molecule has 0 aromatic heterocycles.